The lowest BCUT2D eigenvalue weighted by Crippen LogP contribution is -2.24. The van der Waals surface area contributed by atoms with E-state index in [9.17, 15) is 4.79 Å². The third kappa shape index (κ3) is 3.27. The quantitative estimate of drug-likeness (QED) is 0.823. The Bertz CT molecular complexity index is 330. The molecular weight excluding hydrogens is 190 g/mol. The lowest BCUT2D eigenvalue weighted by Gasteiger charge is -2.17. The number of rotatable bonds is 4. The maximum absolute atomic E-state index is 10.5. The molecule has 0 radical (unpaired) electrons. The highest BCUT2D eigenvalue weighted by Crippen LogP contribution is 2.18. The van der Waals surface area contributed by atoms with Crippen LogP contribution in [0.5, 0.6) is 0 Å². The number of hydrogen-bond donors (Lipinski definition) is 1. The first-order valence-electron chi connectivity index (χ1n) is 5.03. The summed E-state index contributed by atoms with van der Waals surface area (Å²) in [6.07, 6.45) is 0. The summed E-state index contributed by atoms with van der Waals surface area (Å²) in [6.45, 7) is 4.30. The first kappa shape index (κ1) is 11.6. The van der Waals surface area contributed by atoms with Crippen molar-refractivity contribution in [3.05, 3.63) is 29.8 Å². The summed E-state index contributed by atoms with van der Waals surface area (Å²) >= 11 is 0. The van der Waals surface area contributed by atoms with Crippen LogP contribution in [-0.4, -0.2) is 24.7 Å². The minimum Gasteiger partial charge on any atom is -0.480 e. The van der Waals surface area contributed by atoms with E-state index in [1.54, 1.807) is 11.9 Å². The van der Waals surface area contributed by atoms with Crippen molar-refractivity contribution >= 4 is 11.7 Å². The summed E-state index contributed by atoms with van der Waals surface area (Å²) in [7, 11) is 1.78. The highest BCUT2D eigenvalue weighted by atomic mass is 16.4. The van der Waals surface area contributed by atoms with Gasteiger partial charge < -0.3 is 10.0 Å². The molecule has 0 saturated heterocycles. The predicted octanol–water partition coefficient (Wildman–Crippen LogP) is 2.33. The molecule has 82 valence electrons. The van der Waals surface area contributed by atoms with Gasteiger partial charge in [-0.15, -0.1) is 0 Å². The van der Waals surface area contributed by atoms with Gasteiger partial charge in [-0.3, -0.25) is 4.79 Å². The smallest absolute Gasteiger partial charge is 0.323 e. The molecule has 1 aromatic rings. The molecule has 1 rings (SSSR count). The van der Waals surface area contributed by atoms with Gasteiger partial charge >= 0.3 is 5.97 Å². The highest BCUT2D eigenvalue weighted by Gasteiger charge is 2.05. The second-order valence-corrected chi connectivity index (χ2v) is 4.00. The lowest BCUT2D eigenvalue weighted by atomic mass is 10.0. The van der Waals surface area contributed by atoms with Crippen LogP contribution in [0.15, 0.2) is 24.3 Å². The van der Waals surface area contributed by atoms with Crippen molar-refractivity contribution in [3.63, 3.8) is 0 Å². The van der Waals surface area contributed by atoms with E-state index in [0.717, 1.165) is 5.69 Å². The van der Waals surface area contributed by atoms with E-state index >= 15 is 0 Å². The molecule has 0 amide bonds. The second kappa shape index (κ2) is 4.82. The molecule has 1 aromatic carbocycles. The van der Waals surface area contributed by atoms with Gasteiger partial charge in [-0.2, -0.15) is 0 Å². The third-order valence-electron chi connectivity index (χ3n) is 2.37. The molecule has 0 saturated carbocycles. The Morgan fingerprint density at radius 1 is 1.33 bits per heavy atom. The number of benzene rings is 1. The fourth-order valence-corrected chi connectivity index (χ4v) is 1.41. The molecule has 0 aliphatic rings. The monoisotopic (exact) mass is 207 g/mol. The molecule has 0 atom stereocenters. The van der Waals surface area contributed by atoms with Crippen molar-refractivity contribution < 1.29 is 9.90 Å². The minimum atomic E-state index is -0.814. The molecule has 0 aliphatic carbocycles. The van der Waals surface area contributed by atoms with Gasteiger partial charge in [0.2, 0.25) is 0 Å². The Hall–Kier alpha value is -1.51. The van der Waals surface area contributed by atoms with Gasteiger partial charge in [0, 0.05) is 12.7 Å². The molecule has 0 bridgehead atoms. The Labute approximate surface area is 90.3 Å². The van der Waals surface area contributed by atoms with Crippen molar-refractivity contribution in [2.24, 2.45) is 0 Å². The fourth-order valence-electron chi connectivity index (χ4n) is 1.41. The largest absolute Gasteiger partial charge is 0.480 e. The maximum atomic E-state index is 10.5. The van der Waals surface area contributed by atoms with Crippen molar-refractivity contribution in [1.29, 1.82) is 0 Å². The van der Waals surface area contributed by atoms with E-state index in [0.29, 0.717) is 5.92 Å². The van der Waals surface area contributed by atoms with Gasteiger partial charge in [-0.05, 0) is 23.6 Å². The number of likely N-dealkylation sites (N-methyl/N-ethyl adjacent to an activating group) is 1. The highest BCUT2D eigenvalue weighted by molar-refractivity contribution is 5.73. The van der Waals surface area contributed by atoms with Gasteiger partial charge in [0.05, 0.1) is 0 Å². The van der Waals surface area contributed by atoms with Gasteiger partial charge in [0.15, 0.2) is 0 Å². The van der Waals surface area contributed by atoms with E-state index in [-0.39, 0.29) is 6.54 Å². The fraction of sp³-hybridized carbons (Fsp3) is 0.417. The molecular formula is C12H17NO2. The number of aliphatic carboxylic acids is 1. The molecule has 3 heteroatoms. The predicted molar refractivity (Wildman–Crippen MR) is 61.4 cm³/mol. The maximum Gasteiger partial charge on any atom is 0.323 e. The van der Waals surface area contributed by atoms with Crippen LogP contribution >= 0.6 is 0 Å². The summed E-state index contributed by atoms with van der Waals surface area (Å²) < 4.78 is 0. The van der Waals surface area contributed by atoms with Crippen LogP contribution in [0.25, 0.3) is 0 Å². The summed E-state index contributed by atoms with van der Waals surface area (Å²) in [4.78, 5) is 12.2. The molecule has 0 aromatic heterocycles. The zero-order chi connectivity index (χ0) is 11.4. The van der Waals surface area contributed by atoms with Crippen molar-refractivity contribution in [2.75, 3.05) is 18.5 Å². The molecule has 0 spiro atoms. The molecule has 0 fully saturated rings. The first-order valence-corrected chi connectivity index (χ1v) is 5.03. The van der Waals surface area contributed by atoms with Crippen molar-refractivity contribution in [1.82, 2.24) is 0 Å². The van der Waals surface area contributed by atoms with E-state index < -0.39 is 5.97 Å². The van der Waals surface area contributed by atoms with Crippen LogP contribution in [0.2, 0.25) is 0 Å². The van der Waals surface area contributed by atoms with Crippen LogP contribution in [-0.2, 0) is 4.79 Å². The number of carboxylic acid groups (broad SMARTS) is 1. The lowest BCUT2D eigenvalue weighted by molar-refractivity contribution is -0.135. The average Bonchev–Trinajstić information content (AvgIpc) is 2.17. The Morgan fingerprint density at radius 2 is 1.87 bits per heavy atom. The van der Waals surface area contributed by atoms with Crippen LogP contribution < -0.4 is 4.90 Å². The van der Waals surface area contributed by atoms with Gasteiger partial charge in [0.25, 0.3) is 0 Å². The molecule has 0 unspecified atom stereocenters. The van der Waals surface area contributed by atoms with E-state index in [4.69, 9.17) is 5.11 Å². The summed E-state index contributed by atoms with van der Waals surface area (Å²) in [5.74, 6) is -0.311. The van der Waals surface area contributed by atoms with Crippen LogP contribution in [0, 0.1) is 0 Å². The summed E-state index contributed by atoms with van der Waals surface area (Å²) in [6, 6.07) is 7.99. The van der Waals surface area contributed by atoms with Crippen molar-refractivity contribution in [2.45, 2.75) is 19.8 Å². The molecule has 0 aliphatic heterocycles. The molecule has 0 heterocycles. The Morgan fingerprint density at radius 3 is 2.27 bits per heavy atom. The topological polar surface area (TPSA) is 40.5 Å². The first-order chi connectivity index (χ1) is 7.00. The van der Waals surface area contributed by atoms with E-state index in [1.165, 1.54) is 5.56 Å². The molecule has 1 N–H and O–H groups in total. The van der Waals surface area contributed by atoms with Crippen molar-refractivity contribution in [3.8, 4) is 0 Å². The van der Waals surface area contributed by atoms with Crippen LogP contribution in [0.4, 0.5) is 5.69 Å². The number of nitrogens with zero attached hydrogens (tertiary/aromatic N) is 1. The SMILES string of the molecule is CC(C)c1ccc(N(C)CC(=O)O)cc1. The van der Waals surface area contributed by atoms with Gasteiger partial charge in [-0.25, -0.2) is 0 Å². The summed E-state index contributed by atoms with van der Waals surface area (Å²) in [5, 5.41) is 8.65. The number of hydrogen-bond acceptors (Lipinski definition) is 2. The number of carbonyl (C=O) groups is 1. The average molecular weight is 207 g/mol. The summed E-state index contributed by atoms with van der Waals surface area (Å²) in [5.41, 5.74) is 2.20. The van der Waals surface area contributed by atoms with Gasteiger partial charge in [0.1, 0.15) is 6.54 Å². The number of anilines is 1. The Balaban J connectivity index is 2.75. The molecule has 3 nitrogen and oxygen atoms in total. The van der Waals surface area contributed by atoms with Crippen LogP contribution in [0.3, 0.4) is 0 Å². The van der Waals surface area contributed by atoms with E-state index in [1.807, 2.05) is 24.3 Å². The zero-order valence-corrected chi connectivity index (χ0v) is 9.40. The minimum absolute atomic E-state index is 0.0288. The van der Waals surface area contributed by atoms with Gasteiger partial charge in [-0.1, -0.05) is 26.0 Å². The molecule has 15 heavy (non-hydrogen) atoms. The Kier molecular flexibility index (Phi) is 3.72. The third-order valence-corrected chi connectivity index (χ3v) is 2.37. The van der Waals surface area contributed by atoms with Crippen LogP contribution in [0.1, 0.15) is 25.3 Å². The zero-order valence-electron chi connectivity index (χ0n) is 9.40. The van der Waals surface area contributed by atoms with E-state index in [2.05, 4.69) is 13.8 Å². The number of carboxylic acids is 1. The standard InChI is InChI=1S/C12H17NO2/c1-9(2)10-4-6-11(7-5-10)13(3)8-12(14)15/h4-7,9H,8H2,1-3H3,(H,14,15). The second-order valence-electron chi connectivity index (χ2n) is 4.00. The normalized spacial score (nSPS) is 10.4.